The predicted octanol–water partition coefficient (Wildman–Crippen LogP) is 4.83. The summed E-state index contributed by atoms with van der Waals surface area (Å²) >= 11 is 0. The fourth-order valence-corrected chi connectivity index (χ4v) is 7.58. The summed E-state index contributed by atoms with van der Waals surface area (Å²) in [6, 6.07) is 14.5. The second-order valence-corrected chi connectivity index (χ2v) is 13.8. The third-order valence-electron chi connectivity index (χ3n) is 8.48. The largest absolute Gasteiger partial charge is 0.492 e. The zero-order chi connectivity index (χ0) is 29.5. The summed E-state index contributed by atoms with van der Waals surface area (Å²) < 4.78 is 56.2. The van der Waals surface area contributed by atoms with Crippen LogP contribution in [0.5, 0.6) is 17.2 Å². The Balaban J connectivity index is 1.17. The van der Waals surface area contributed by atoms with Gasteiger partial charge in [-0.25, -0.2) is 12.8 Å². The molecule has 1 saturated heterocycles. The minimum absolute atomic E-state index is 0.00271. The molecule has 2 aliphatic heterocycles. The van der Waals surface area contributed by atoms with Gasteiger partial charge in [-0.05, 0) is 84.7 Å². The number of aryl methyl sites for hydroxylation is 2. The lowest BCUT2D eigenvalue weighted by Gasteiger charge is -2.31. The highest BCUT2D eigenvalue weighted by Crippen LogP contribution is 2.39. The van der Waals surface area contributed by atoms with Crippen molar-refractivity contribution in [3.63, 3.8) is 0 Å². The summed E-state index contributed by atoms with van der Waals surface area (Å²) in [7, 11) is -3.09. The summed E-state index contributed by atoms with van der Waals surface area (Å²) in [4.78, 5) is 11.1. The van der Waals surface area contributed by atoms with E-state index in [1.165, 1.54) is 0 Å². The van der Waals surface area contributed by atoms with Gasteiger partial charge in [-0.3, -0.25) is 4.79 Å². The van der Waals surface area contributed by atoms with Gasteiger partial charge in [-0.1, -0.05) is 12.1 Å². The highest BCUT2D eigenvalue weighted by Gasteiger charge is 2.36. The van der Waals surface area contributed by atoms with Crippen LogP contribution in [0.25, 0.3) is 11.1 Å². The molecule has 0 aromatic heterocycles. The number of carboxylic acid groups (broad SMARTS) is 1. The zero-order valence-corrected chi connectivity index (χ0v) is 23.9. The van der Waals surface area contributed by atoms with E-state index < -0.39 is 21.4 Å². The minimum Gasteiger partial charge on any atom is -0.492 e. The molecule has 2 N–H and O–H groups in total. The van der Waals surface area contributed by atoms with Gasteiger partial charge in [0.05, 0.1) is 24.5 Å². The van der Waals surface area contributed by atoms with Gasteiger partial charge in [-0.2, -0.15) is 0 Å². The van der Waals surface area contributed by atoms with Crippen molar-refractivity contribution in [2.45, 2.75) is 56.7 Å². The summed E-state index contributed by atoms with van der Waals surface area (Å²) in [5, 5.41) is 19.9. The first-order chi connectivity index (χ1) is 20.1. The van der Waals surface area contributed by atoms with Crippen molar-refractivity contribution in [2.24, 2.45) is 0 Å². The van der Waals surface area contributed by atoms with Gasteiger partial charge in [0.15, 0.2) is 9.84 Å². The van der Waals surface area contributed by atoms with E-state index in [4.69, 9.17) is 19.3 Å². The number of fused-ring (bicyclic) bond motifs is 4. The monoisotopic (exact) mass is 596 g/mol. The first-order valence-electron chi connectivity index (χ1n) is 14.2. The van der Waals surface area contributed by atoms with Crippen LogP contribution in [-0.4, -0.2) is 54.9 Å². The molecule has 10 heteroatoms. The van der Waals surface area contributed by atoms with E-state index in [0.29, 0.717) is 29.4 Å². The van der Waals surface area contributed by atoms with Crippen molar-refractivity contribution in [1.82, 2.24) is 0 Å². The van der Waals surface area contributed by atoms with E-state index in [9.17, 15) is 18.3 Å². The minimum atomic E-state index is -3.09. The second kappa shape index (κ2) is 11.2. The Morgan fingerprint density at radius 3 is 2.45 bits per heavy atom. The van der Waals surface area contributed by atoms with Crippen LogP contribution in [0, 0.1) is 5.82 Å². The Morgan fingerprint density at radius 2 is 1.69 bits per heavy atom. The molecule has 222 valence electrons. The molecule has 1 aliphatic carbocycles. The van der Waals surface area contributed by atoms with Crippen LogP contribution in [0.4, 0.5) is 4.39 Å². The maximum absolute atomic E-state index is 15.2. The fraction of sp³-hybridized carbons (Fsp3) is 0.406. The quantitative estimate of drug-likeness (QED) is 0.380. The molecule has 1 fully saturated rings. The number of aliphatic hydroxyl groups is 1. The topological polar surface area (TPSA) is 119 Å². The van der Waals surface area contributed by atoms with Gasteiger partial charge in [0.1, 0.15) is 41.9 Å². The van der Waals surface area contributed by atoms with E-state index in [0.717, 1.165) is 47.1 Å². The summed E-state index contributed by atoms with van der Waals surface area (Å²) in [5.74, 6) is 0.224. The van der Waals surface area contributed by atoms with Gasteiger partial charge in [-0.15, -0.1) is 0 Å². The third-order valence-corrected chi connectivity index (χ3v) is 10.1. The predicted molar refractivity (Wildman–Crippen MR) is 153 cm³/mol. The fourth-order valence-electron chi connectivity index (χ4n) is 5.99. The molecule has 0 unspecified atom stereocenters. The van der Waals surface area contributed by atoms with Crippen LogP contribution >= 0.6 is 0 Å². The molecular weight excluding hydrogens is 563 g/mol. The summed E-state index contributed by atoms with van der Waals surface area (Å²) in [6.45, 7) is 0.349. The molecule has 0 saturated carbocycles. The maximum Gasteiger partial charge on any atom is 0.304 e. The SMILES string of the molecule is O=C(O)C[C@@H]1COc2cc(OCc3cc4c(cc3F)CCCc3cc(OCC5(O)CCS(=O)(=O)CC5)ccc3-4)ccc21. The highest BCUT2D eigenvalue weighted by atomic mass is 32.2. The number of hydrogen-bond donors (Lipinski definition) is 2. The van der Waals surface area contributed by atoms with Crippen LogP contribution in [0.2, 0.25) is 0 Å². The molecular formula is C32H33FO8S. The van der Waals surface area contributed by atoms with Gasteiger partial charge in [0, 0.05) is 23.1 Å². The summed E-state index contributed by atoms with van der Waals surface area (Å²) in [6.07, 6.45) is 2.68. The average molecular weight is 597 g/mol. The highest BCUT2D eigenvalue weighted by molar-refractivity contribution is 7.91. The lowest BCUT2D eigenvalue weighted by atomic mass is 9.94. The molecule has 3 aliphatic rings. The number of aliphatic carboxylic acids is 1. The number of benzene rings is 3. The number of carbonyl (C=O) groups is 1. The van der Waals surface area contributed by atoms with E-state index >= 15 is 4.39 Å². The molecule has 0 radical (unpaired) electrons. The Hall–Kier alpha value is -3.63. The molecule has 0 spiro atoms. The van der Waals surface area contributed by atoms with E-state index in [2.05, 4.69) is 0 Å². The molecule has 3 aromatic rings. The lowest BCUT2D eigenvalue weighted by Crippen LogP contribution is -2.43. The first kappa shape index (κ1) is 28.5. The second-order valence-electron chi connectivity index (χ2n) is 11.5. The Bertz CT molecular complexity index is 1620. The lowest BCUT2D eigenvalue weighted by molar-refractivity contribution is -0.137. The molecule has 0 amide bonds. The third kappa shape index (κ3) is 6.10. The van der Waals surface area contributed by atoms with Gasteiger partial charge >= 0.3 is 5.97 Å². The van der Waals surface area contributed by atoms with Crippen LogP contribution in [0.1, 0.15) is 53.9 Å². The molecule has 6 rings (SSSR count). The van der Waals surface area contributed by atoms with E-state index in [-0.39, 0.29) is 55.7 Å². The van der Waals surface area contributed by atoms with Crippen molar-refractivity contribution in [3.05, 3.63) is 76.6 Å². The summed E-state index contributed by atoms with van der Waals surface area (Å²) in [5.41, 5.74) is 4.02. The molecule has 2 heterocycles. The first-order valence-corrected chi connectivity index (χ1v) is 16.0. The molecule has 3 aromatic carbocycles. The van der Waals surface area contributed by atoms with Crippen molar-refractivity contribution in [3.8, 4) is 28.4 Å². The number of sulfone groups is 1. The van der Waals surface area contributed by atoms with Crippen LogP contribution < -0.4 is 14.2 Å². The number of halogens is 1. The number of hydrogen-bond acceptors (Lipinski definition) is 7. The molecule has 1 atom stereocenters. The van der Waals surface area contributed by atoms with Gasteiger partial charge < -0.3 is 24.4 Å². The Labute approximate surface area is 244 Å². The molecule has 0 bridgehead atoms. The van der Waals surface area contributed by atoms with Crippen LogP contribution in [0.3, 0.4) is 0 Å². The number of ether oxygens (including phenoxy) is 3. The van der Waals surface area contributed by atoms with E-state index in [1.54, 1.807) is 18.2 Å². The van der Waals surface area contributed by atoms with Crippen molar-refractivity contribution < 1.29 is 42.0 Å². The number of carboxylic acids is 1. The maximum atomic E-state index is 15.2. The van der Waals surface area contributed by atoms with Gasteiger partial charge in [0.25, 0.3) is 0 Å². The smallest absolute Gasteiger partial charge is 0.304 e. The van der Waals surface area contributed by atoms with E-state index in [1.807, 2.05) is 30.3 Å². The van der Waals surface area contributed by atoms with Crippen molar-refractivity contribution in [2.75, 3.05) is 24.7 Å². The normalized spacial score (nSPS) is 19.9. The molecule has 42 heavy (non-hydrogen) atoms. The van der Waals surface area contributed by atoms with Crippen LogP contribution in [0.15, 0.2) is 48.5 Å². The van der Waals surface area contributed by atoms with Gasteiger partial charge in [0.2, 0.25) is 0 Å². The Morgan fingerprint density at radius 1 is 0.976 bits per heavy atom. The average Bonchev–Trinajstić information content (AvgIpc) is 3.25. The van der Waals surface area contributed by atoms with Crippen molar-refractivity contribution >= 4 is 15.8 Å². The molecule has 8 nitrogen and oxygen atoms in total. The zero-order valence-electron chi connectivity index (χ0n) is 23.1. The van der Waals surface area contributed by atoms with Crippen LogP contribution in [-0.2, 0) is 34.1 Å². The number of rotatable bonds is 8. The standard InChI is InChI=1S/C32H33FO8S/c33-29-14-21-3-1-2-20-12-24(41-19-32(36)8-10-42(37,38)11-9-32)4-6-26(20)28(21)13-23(29)18-39-25-5-7-27-22(15-31(34)35)17-40-30(27)16-25/h4-7,12-14,16,22,36H,1-3,8-11,15,17-19H2,(H,34,35)/t22-/m1/s1. The Kier molecular flexibility index (Phi) is 7.61. The van der Waals surface area contributed by atoms with Crippen molar-refractivity contribution in [1.29, 1.82) is 0 Å².